The Hall–Kier alpha value is -0.810. The summed E-state index contributed by atoms with van der Waals surface area (Å²) in [4.78, 5) is 14.5. The number of hydrogen-bond donors (Lipinski definition) is 1. The van der Waals surface area contributed by atoms with Crippen molar-refractivity contribution < 1.29 is 9.90 Å². The van der Waals surface area contributed by atoms with Gasteiger partial charge in [-0.3, -0.25) is 4.79 Å². The van der Waals surface area contributed by atoms with E-state index in [4.69, 9.17) is 0 Å². The Morgan fingerprint density at radius 1 is 1.47 bits per heavy atom. The maximum Gasteiger partial charge on any atom is 0.270 e. The minimum Gasteiger partial charge on any atom is -0.395 e. The second-order valence-electron chi connectivity index (χ2n) is 5.17. The van der Waals surface area contributed by atoms with Gasteiger partial charge in [-0.1, -0.05) is 19.3 Å². The second kappa shape index (κ2) is 6.57. The highest BCUT2D eigenvalue weighted by Gasteiger charge is 2.27. The first-order valence-corrected chi connectivity index (χ1v) is 7.66. The Balaban J connectivity index is 2.17. The van der Waals surface area contributed by atoms with Gasteiger partial charge in [0, 0.05) is 30.3 Å². The van der Waals surface area contributed by atoms with Crippen molar-refractivity contribution in [3.63, 3.8) is 0 Å². The van der Waals surface area contributed by atoms with E-state index in [0.717, 1.165) is 17.3 Å². The molecule has 1 fully saturated rings. The maximum absolute atomic E-state index is 12.6. The van der Waals surface area contributed by atoms with Crippen LogP contribution in [0.5, 0.6) is 0 Å². The van der Waals surface area contributed by atoms with Crippen LogP contribution in [0.25, 0.3) is 0 Å². The third-order valence-corrected chi connectivity index (χ3v) is 4.24. The van der Waals surface area contributed by atoms with E-state index in [2.05, 4.69) is 15.9 Å². The normalized spacial score (nSPS) is 16.6. The van der Waals surface area contributed by atoms with Gasteiger partial charge in [0.05, 0.1) is 6.61 Å². The van der Waals surface area contributed by atoms with Crippen LogP contribution in [-0.2, 0) is 7.05 Å². The van der Waals surface area contributed by atoms with Crippen LogP contribution in [-0.4, -0.2) is 39.7 Å². The number of hydrogen-bond acceptors (Lipinski definition) is 2. The van der Waals surface area contributed by atoms with Gasteiger partial charge in [0.1, 0.15) is 5.69 Å². The van der Waals surface area contributed by atoms with E-state index in [1.165, 1.54) is 19.3 Å². The van der Waals surface area contributed by atoms with Gasteiger partial charge < -0.3 is 14.6 Å². The molecule has 1 aliphatic carbocycles. The summed E-state index contributed by atoms with van der Waals surface area (Å²) in [5.74, 6) is 0.0224. The fraction of sp³-hybridized carbons (Fsp3) is 0.643. The van der Waals surface area contributed by atoms with E-state index in [-0.39, 0.29) is 18.6 Å². The Kier molecular flexibility index (Phi) is 5.05. The fourth-order valence-electron chi connectivity index (χ4n) is 2.83. The molecule has 0 atom stereocenters. The number of rotatable bonds is 4. The van der Waals surface area contributed by atoms with Crippen LogP contribution >= 0.6 is 15.9 Å². The smallest absolute Gasteiger partial charge is 0.270 e. The summed E-state index contributed by atoms with van der Waals surface area (Å²) < 4.78 is 2.74. The van der Waals surface area contributed by atoms with Crippen molar-refractivity contribution in [1.82, 2.24) is 9.47 Å². The number of aliphatic hydroxyl groups excluding tert-OH is 1. The molecule has 0 aromatic carbocycles. The molecule has 5 heteroatoms. The summed E-state index contributed by atoms with van der Waals surface area (Å²) in [5.41, 5.74) is 0.672. The molecule has 0 bridgehead atoms. The van der Waals surface area contributed by atoms with Crippen molar-refractivity contribution in [1.29, 1.82) is 0 Å². The van der Waals surface area contributed by atoms with Gasteiger partial charge in [-0.25, -0.2) is 0 Å². The molecule has 0 saturated heterocycles. The minimum absolute atomic E-state index is 0.0217. The predicted octanol–water partition coefficient (Wildman–Crippen LogP) is 2.55. The zero-order valence-corrected chi connectivity index (χ0v) is 12.9. The summed E-state index contributed by atoms with van der Waals surface area (Å²) in [6.07, 6.45) is 7.60. The Labute approximate surface area is 122 Å². The first-order valence-electron chi connectivity index (χ1n) is 6.87. The van der Waals surface area contributed by atoms with Crippen LogP contribution in [0.15, 0.2) is 16.7 Å². The molecule has 1 saturated carbocycles. The third kappa shape index (κ3) is 3.39. The standard InChI is InChI=1S/C14H21BrN2O2/c1-16-10-11(15)9-13(16)14(19)17(7-8-18)12-5-3-2-4-6-12/h9-10,12,18H,2-8H2,1H3. The first kappa shape index (κ1) is 14.6. The van der Waals surface area contributed by atoms with Crippen molar-refractivity contribution in [3.05, 3.63) is 22.4 Å². The molecule has 0 aliphatic heterocycles. The predicted molar refractivity (Wildman–Crippen MR) is 78.1 cm³/mol. The van der Waals surface area contributed by atoms with Crippen LogP contribution in [0.2, 0.25) is 0 Å². The highest BCUT2D eigenvalue weighted by molar-refractivity contribution is 9.10. The Morgan fingerprint density at radius 3 is 2.68 bits per heavy atom. The average Bonchev–Trinajstić information content (AvgIpc) is 2.75. The monoisotopic (exact) mass is 328 g/mol. The van der Waals surface area contributed by atoms with E-state index in [1.54, 1.807) is 0 Å². The Bertz CT molecular complexity index is 439. The molecule has 1 aliphatic rings. The summed E-state index contributed by atoms with van der Waals surface area (Å²) in [5, 5.41) is 9.23. The summed E-state index contributed by atoms with van der Waals surface area (Å²) in [6, 6.07) is 2.12. The summed E-state index contributed by atoms with van der Waals surface area (Å²) in [6.45, 7) is 0.445. The van der Waals surface area contributed by atoms with E-state index in [9.17, 15) is 9.90 Å². The molecule has 2 rings (SSSR count). The van der Waals surface area contributed by atoms with E-state index in [0.29, 0.717) is 12.2 Å². The molecule has 1 aromatic heterocycles. The van der Waals surface area contributed by atoms with E-state index in [1.807, 2.05) is 28.8 Å². The molecule has 106 valence electrons. The molecular formula is C14H21BrN2O2. The molecule has 19 heavy (non-hydrogen) atoms. The van der Waals surface area contributed by atoms with Crippen LogP contribution in [0.3, 0.4) is 0 Å². The summed E-state index contributed by atoms with van der Waals surface area (Å²) in [7, 11) is 1.87. The van der Waals surface area contributed by atoms with Crippen molar-refractivity contribution in [3.8, 4) is 0 Å². The maximum atomic E-state index is 12.6. The molecule has 4 nitrogen and oxygen atoms in total. The largest absolute Gasteiger partial charge is 0.395 e. The van der Waals surface area contributed by atoms with E-state index < -0.39 is 0 Å². The zero-order chi connectivity index (χ0) is 13.8. The quantitative estimate of drug-likeness (QED) is 0.923. The highest BCUT2D eigenvalue weighted by atomic mass is 79.9. The lowest BCUT2D eigenvalue weighted by Gasteiger charge is -2.34. The van der Waals surface area contributed by atoms with Gasteiger partial charge >= 0.3 is 0 Å². The lowest BCUT2D eigenvalue weighted by Crippen LogP contribution is -2.43. The molecule has 1 heterocycles. The van der Waals surface area contributed by atoms with Gasteiger partial charge in [-0.05, 0) is 34.8 Å². The molecule has 1 aromatic rings. The second-order valence-corrected chi connectivity index (χ2v) is 6.08. The number of amides is 1. The number of nitrogens with zero attached hydrogens (tertiary/aromatic N) is 2. The van der Waals surface area contributed by atoms with Gasteiger partial charge in [-0.2, -0.15) is 0 Å². The van der Waals surface area contributed by atoms with Gasteiger partial charge in [0.25, 0.3) is 5.91 Å². The SMILES string of the molecule is Cn1cc(Br)cc1C(=O)N(CCO)C1CCCCC1. The fourth-order valence-corrected chi connectivity index (χ4v) is 3.36. The number of aryl methyl sites for hydroxylation is 1. The third-order valence-electron chi connectivity index (χ3n) is 3.81. The number of carbonyl (C=O) groups is 1. The zero-order valence-electron chi connectivity index (χ0n) is 11.3. The van der Waals surface area contributed by atoms with Crippen LogP contribution in [0.4, 0.5) is 0 Å². The lowest BCUT2D eigenvalue weighted by molar-refractivity contribution is 0.0576. The lowest BCUT2D eigenvalue weighted by atomic mass is 9.94. The van der Waals surface area contributed by atoms with Crippen molar-refractivity contribution >= 4 is 21.8 Å². The van der Waals surface area contributed by atoms with Crippen LogP contribution < -0.4 is 0 Å². The number of aromatic nitrogens is 1. The summed E-state index contributed by atoms with van der Waals surface area (Å²) >= 11 is 3.39. The molecule has 0 spiro atoms. The van der Waals surface area contributed by atoms with Gasteiger partial charge in [-0.15, -0.1) is 0 Å². The minimum atomic E-state index is 0.0217. The van der Waals surface area contributed by atoms with E-state index >= 15 is 0 Å². The molecule has 1 N–H and O–H groups in total. The van der Waals surface area contributed by atoms with Crippen LogP contribution in [0, 0.1) is 0 Å². The van der Waals surface area contributed by atoms with Crippen LogP contribution in [0.1, 0.15) is 42.6 Å². The Morgan fingerprint density at radius 2 is 2.16 bits per heavy atom. The molecular weight excluding hydrogens is 308 g/mol. The highest BCUT2D eigenvalue weighted by Crippen LogP contribution is 2.24. The van der Waals surface area contributed by atoms with Crippen molar-refractivity contribution in [2.24, 2.45) is 7.05 Å². The van der Waals surface area contributed by atoms with Crippen molar-refractivity contribution in [2.45, 2.75) is 38.1 Å². The number of halogens is 1. The number of aliphatic hydroxyl groups is 1. The molecule has 1 amide bonds. The average molecular weight is 329 g/mol. The van der Waals surface area contributed by atoms with Crippen molar-refractivity contribution in [2.75, 3.05) is 13.2 Å². The van der Waals surface area contributed by atoms with Gasteiger partial charge in [0.2, 0.25) is 0 Å². The molecule has 0 radical (unpaired) electrons. The van der Waals surface area contributed by atoms with Gasteiger partial charge in [0.15, 0.2) is 0 Å². The number of carbonyl (C=O) groups excluding carboxylic acids is 1. The molecule has 0 unspecified atom stereocenters. The topological polar surface area (TPSA) is 45.5 Å². The first-order chi connectivity index (χ1) is 9.13.